The van der Waals surface area contributed by atoms with Crippen molar-refractivity contribution in [3.8, 4) is 0 Å². The number of hydrogen-bond donors (Lipinski definition) is 3. The highest BCUT2D eigenvalue weighted by molar-refractivity contribution is 5.47. The smallest absolute Gasteiger partial charge is 0.158 e. The number of methoxy groups -OCH3 is 1. The van der Waals surface area contributed by atoms with Gasteiger partial charge in [-0.15, -0.1) is 0 Å². The van der Waals surface area contributed by atoms with Crippen LogP contribution in [-0.2, 0) is 11.3 Å². The second-order valence-electron chi connectivity index (χ2n) is 5.11. The van der Waals surface area contributed by atoms with E-state index in [2.05, 4.69) is 27.5 Å². The van der Waals surface area contributed by atoms with Crippen molar-refractivity contribution in [3.05, 3.63) is 11.9 Å². The number of anilines is 2. The molecule has 3 N–H and O–H groups in total. The van der Waals surface area contributed by atoms with Crippen LogP contribution in [0.5, 0.6) is 0 Å². The van der Waals surface area contributed by atoms with Crippen molar-refractivity contribution in [2.75, 3.05) is 30.8 Å². The fourth-order valence-corrected chi connectivity index (χ4v) is 1.57. The Bertz CT molecular complexity index is 399. The number of aliphatic hydroxyl groups excluding tert-OH is 1. The Labute approximate surface area is 121 Å². The zero-order chi connectivity index (χ0) is 15.0. The second-order valence-corrected chi connectivity index (χ2v) is 5.11. The summed E-state index contributed by atoms with van der Waals surface area (Å²) in [4.78, 5) is 8.74. The SMILES string of the molecule is CCCNc1cc(NCC(O)C(C)C)nc(COC)n1. The van der Waals surface area contributed by atoms with Gasteiger partial charge in [0.25, 0.3) is 0 Å². The number of aromatic nitrogens is 2. The first-order chi connectivity index (χ1) is 9.56. The Morgan fingerprint density at radius 1 is 1.25 bits per heavy atom. The zero-order valence-electron chi connectivity index (χ0n) is 12.8. The molecule has 114 valence electrons. The van der Waals surface area contributed by atoms with E-state index in [4.69, 9.17) is 4.74 Å². The molecule has 6 heteroatoms. The van der Waals surface area contributed by atoms with Crippen LogP contribution in [0.3, 0.4) is 0 Å². The van der Waals surface area contributed by atoms with E-state index < -0.39 is 6.10 Å². The fraction of sp³-hybridized carbons (Fsp3) is 0.714. The van der Waals surface area contributed by atoms with Gasteiger partial charge < -0.3 is 20.5 Å². The van der Waals surface area contributed by atoms with Crippen LogP contribution >= 0.6 is 0 Å². The van der Waals surface area contributed by atoms with E-state index in [-0.39, 0.29) is 5.92 Å². The maximum atomic E-state index is 9.82. The highest BCUT2D eigenvalue weighted by Crippen LogP contribution is 2.13. The summed E-state index contributed by atoms with van der Waals surface area (Å²) in [5.41, 5.74) is 0. The van der Waals surface area contributed by atoms with Gasteiger partial charge >= 0.3 is 0 Å². The van der Waals surface area contributed by atoms with Crippen LogP contribution in [0.1, 0.15) is 33.0 Å². The molecule has 0 aliphatic rings. The summed E-state index contributed by atoms with van der Waals surface area (Å²) in [6, 6.07) is 1.85. The summed E-state index contributed by atoms with van der Waals surface area (Å²) in [5.74, 6) is 2.30. The highest BCUT2D eigenvalue weighted by Gasteiger charge is 2.10. The molecule has 1 heterocycles. The van der Waals surface area contributed by atoms with Crippen LogP contribution in [0, 0.1) is 5.92 Å². The summed E-state index contributed by atoms with van der Waals surface area (Å²) in [6.07, 6.45) is 0.626. The van der Waals surface area contributed by atoms with E-state index in [0.29, 0.717) is 24.8 Å². The Hall–Kier alpha value is -1.40. The first-order valence-electron chi connectivity index (χ1n) is 7.09. The van der Waals surface area contributed by atoms with Crippen molar-refractivity contribution in [2.45, 2.75) is 39.9 Å². The second kappa shape index (κ2) is 8.71. The third-order valence-electron chi connectivity index (χ3n) is 2.86. The molecule has 20 heavy (non-hydrogen) atoms. The average molecular weight is 282 g/mol. The van der Waals surface area contributed by atoms with Crippen LogP contribution in [-0.4, -0.2) is 41.4 Å². The first kappa shape index (κ1) is 16.7. The van der Waals surface area contributed by atoms with Gasteiger partial charge in [0.05, 0.1) is 6.10 Å². The maximum absolute atomic E-state index is 9.82. The molecule has 6 nitrogen and oxygen atoms in total. The van der Waals surface area contributed by atoms with Crippen LogP contribution in [0.15, 0.2) is 6.07 Å². The van der Waals surface area contributed by atoms with Gasteiger partial charge in [-0.1, -0.05) is 20.8 Å². The molecular formula is C14H26N4O2. The molecule has 0 bridgehead atoms. The summed E-state index contributed by atoms with van der Waals surface area (Å²) >= 11 is 0. The van der Waals surface area contributed by atoms with Gasteiger partial charge in [0.15, 0.2) is 5.82 Å². The summed E-state index contributed by atoms with van der Waals surface area (Å²) in [6.45, 7) is 7.76. The fourth-order valence-electron chi connectivity index (χ4n) is 1.57. The molecule has 0 saturated carbocycles. The van der Waals surface area contributed by atoms with Gasteiger partial charge in [-0.25, -0.2) is 9.97 Å². The molecule has 0 saturated heterocycles. The third-order valence-corrected chi connectivity index (χ3v) is 2.86. The lowest BCUT2D eigenvalue weighted by Crippen LogP contribution is -2.25. The van der Waals surface area contributed by atoms with Gasteiger partial charge in [-0.05, 0) is 12.3 Å². The summed E-state index contributed by atoms with van der Waals surface area (Å²) in [5, 5.41) is 16.2. The van der Waals surface area contributed by atoms with Crippen LogP contribution in [0.4, 0.5) is 11.6 Å². The third kappa shape index (κ3) is 5.71. The van der Waals surface area contributed by atoms with Gasteiger partial charge in [0.2, 0.25) is 0 Å². The van der Waals surface area contributed by atoms with E-state index in [1.54, 1.807) is 7.11 Å². The first-order valence-corrected chi connectivity index (χ1v) is 7.09. The lowest BCUT2D eigenvalue weighted by Gasteiger charge is -2.16. The number of rotatable bonds is 9. The Balaban J connectivity index is 2.74. The van der Waals surface area contributed by atoms with Crippen molar-refractivity contribution >= 4 is 11.6 Å². The molecular weight excluding hydrogens is 256 g/mol. The predicted molar refractivity (Wildman–Crippen MR) is 80.9 cm³/mol. The van der Waals surface area contributed by atoms with Crippen molar-refractivity contribution in [1.82, 2.24) is 9.97 Å². The topological polar surface area (TPSA) is 79.3 Å². The van der Waals surface area contributed by atoms with Gasteiger partial charge in [-0.3, -0.25) is 0 Å². The van der Waals surface area contributed by atoms with Crippen molar-refractivity contribution < 1.29 is 9.84 Å². The molecule has 0 aliphatic heterocycles. The zero-order valence-corrected chi connectivity index (χ0v) is 12.8. The van der Waals surface area contributed by atoms with Crippen molar-refractivity contribution in [1.29, 1.82) is 0 Å². The lowest BCUT2D eigenvalue weighted by molar-refractivity contribution is 0.138. The normalized spacial score (nSPS) is 12.5. The monoisotopic (exact) mass is 282 g/mol. The van der Waals surface area contributed by atoms with E-state index in [9.17, 15) is 5.11 Å². The molecule has 1 aromatic heterocycles. The molecule has 1 rings (SSSR count). The van der Waals surface area contributed by atoms with E-state index in [1.165, 1.54) is 0 Å². The lowest BCUT2D eigenvalue weighted by atomic mass is 10.1. The quantitative estimate of drug-likeness (QED) is 0.642. The van der Waals surface area contributed by atoms with Gasteiger partial charge in [0, 0.05) is 26.3 Å². The largest absolute Gasteiger partial charge is 0.391 e. The molecule has 0 spiro atoms. The molecule has 0 aliphatic carbocycles. The Morgan fingerprint density at radius 3 is 2.45 bits per heavy atom. The minimum Gasteiger partial charge on any atom is -0.391 e. The maximum Gasteiger partial charge on any atom is 0.158 e. The van der Waals surface area contributed by atoms with Gasteiger partial charge in [0.1, 0.15) is 18.2 Å². The number of ether oxygens (including phenoxy) is 1. The minimum absolute atomic E-state index is 0.209. The molecule has 0 aromatic carbocycles. The van der Waals surface area contributed by atoms with E-state index in [1.807, 2.05) is 19.9 Å². The standard InChI is InChI=1S/C14H26N4O2/c1-5-6-15-12-7-13(16-8-11(19)10(2)3)18-14(17-12)9-20-4/h7,10-11,19H,5-6,8-9H2,1-4H3,(H2,15,16,17,18). The van der Waals surface area contributed by atoms with Crippen LogP contribution < -0.4 is 10.6 Å². The Kier molecular flexibility index (Phi) is 7.25. The summed E-state index contributed by atoms with van der Waals surface area (Å²) < 4.78 is 5.08. The Morgan fingerprint density at radius 2 is 1.90 bits per heavy atom. The number of nitrogens with one attached hydrogen (secondary N) is 2. The molecule has 0 amide bonds. The van der Waals surface area contributed by atoms with Crippen LogP contribution in [0.2, 0.25) is 0 Å². The number of nitrogens with zero attached hydrogens (tertiary/aromatic N) is 2. The predicted octanol–water partition coefficient (Wildman–Crippen LogP) is 1.87. The summed E-state index contributed by atoms with van der Waals surface area (Å²) in [7, 11) is 1.62. The number of hydrogen-bond acceptors (Lipinski definition) is 6. The number of aliphatic hydroxyl groups is 1. The van der Waals surface area contributed by atoms with Crippen molar-refractivity contribution in [2.24, 2.45) is 5.92 Å². The molecule has 0 radical (unpaired) electrons. The van der Waals surface area contributed by atoms with Crippen LogP contribution in [0.25, 0.3) is 0 Å². The average Bonchev–Trinajstić information content (AvgIpc) is 2.42. The molecule has 1 unspecified atom stereocenters. The minimum atomic E-state index is -0.400. The molecule has 0 fully saturated rings. The van der Waals surface area contributed by atoms with E-state index in [0.717, 1.165) is 18.8 Å². The van der Waals surface area contributed by atoms with E-state index >= 15 is 0 Å². The van der Waals surface area contributed by atoms with Crippen molar-refractivity contribution in [3.63, 3.8) is 0 Å². The van der Waals surface area contributed by atoms with Gasteiger partial charge in [-0.2, -0.15) is 0 Å². The molecule has 1 atom stereocenters. The molecule has 1 aromatic rings. The highest BCUT2D eigenvalue weighted by atomic mass is 16.5.